The molecule has 0 bridgehead atoms. The van der Waals surface area contributed by atoms with Crippen molar-refractivity contribution in [1.29, 1.82) is 0 Å². The van der Waals surface area contributed by atoms with Crippen molar-refractivity contribution in [3.8, 4) is 5.75 Å². The number of thiophene rings is 1. The molecule has 2 aromatic rings. The minimum atomic E-state index is 0. The summed E-state index contributed by atoms with van der Waals surface area (Å²) in [7, 11) is 1.72. The zero-order valence-electron chi connectivity index (χ0n) is 14.5. The number of nitrogens with zero attached hydrogens (tertiary/aromatic N) is 1. The van der Waals surface area contributed by atoms with Gasteiger partial charge in [0.15, 0.2) is 5.96 Å². The van der Waals surface area contributed by atoms with Gasteiger partial charge in [-0.25, -0.2) is 4.99 Å². The molecule has 0 saturated heterocycles. The fraction of sp³-hybridized carbons (Fsp3) is 0.389. The van der Waals surface area contributed by atoms with Crippen LogP contribution in [0.25, 0.3) is 0 Å². The maximum Gasteiger partial charge on any atom is 0.191 e. The Morgan fingerprint density at radius 2 is 2.08 bits per heavy atom. The number of ether oxygens (including phenoxy) is 1. The fourth-order valence-electron chi connectivity index (χ4n) is 2.32. The van der Waals surface area contributed by atoms with Gasteiger partial charge >= 0.3 is 0 Å². The highest BCUT2D eigenvalue weighted by atomic mass is 127. The lowest BCUT2D eigenvalue weighted by Gasteiger charge is -2.13. The normalized spacial score (nSPS) is 10.9. The van der Waals surface area contributed by atoms with Crippen LogP contribution in [0.2, 0.25) is 0 Å². The molecule has 0 atom stereocenters. The van der Waals surface area contributed by atoms with Crippen molar-refractivity contribution in [3.63, 3.8) is 0 Å². The number of hydrogen-bond acceptors (Lipinski definition) is 3. The summed E-state index contributed by atoms with van der Waals surface area (Å²) in [6.07, 6.45) is 0.897. The topological polar surface area (TPSA) is 45.7 Å². The molecular formula is C18H26IN3OS. The number of guanidine groups is 1. The molecule has 2 N–H and O–H groups in total. The molecule has 0 saturated carbocycles. The number of aliphatic imine (C=N–C) groups is 1. The highest BCUT2D eigenvalue weighted by Crippen LogP contribution is 2.19. The third kappa shape index (κ3) is 6.68. The van der Waals surface area contributed by atoms with Crippen molar-refractivity contribution >= 4 is 41.3 Å². The third-order valence-electron chi connectivity index (χ3n) is 3.44. The van der Waals surface area contributed by atoms with Gasteiger partial charge in [0.1, 0.15) is 5.75 Å². The second kappa shape index (κ2) is 11.3. The second-order valence-electron chi connectivity index (χ2n) is 5.27. The van der Waals surface area contributed by atoms with Gasteiger partial charge in [-0.2, -0.15) is 0 Å². The van der Waals surface area contributed by atoms with E-state index < -0.39 is 0 Å². The van der Waals surface area contributed by atoms with Crippen LogP contribution in [-0.4, -0.2) is 26.2 Å². The van der Waals surface area contributed by atoms with E-state index >= 15 is 0 Å². The van der Waals surface area contributed by atoms with Crippen molar-refractivity contribution in [1.82, 2.24) is 10.6 Å². The first-order chi connectivity index (χ1) is 11.2. The van der Waals surface area contributed by atoms with Gasteiger partial charge in [0, 0.05) is 18.0 Å². The molecule has 0 aliphatic rings. The standard InChI is InChI=1S/C18H25N3OS.HI/c1-4-19-18(21-13-16-6-5-11-23-16)20-10-9-15-12-14(2)7-8-17(15)22-3;/h5-8,11-12H,4,9-10,13H2,1-3H3,(H2,19,20,21);1H. The van der Waals surface area contributed by atoms with Crippen molar-refractivity contribution in [2.75, 3.05) is 20.2 Å². The molecular weight excluding hydrogens is 433 g/mol. The van der Waals surface area contributed by atoms with Crippen molar-refractivity contribution in [2.24, 2.45) is 4.99 Å². The predicted molar refractivity (Wildman–Crippen MR) is 114 cm³/mol. The number of hydrogen-bond donors (Lipinski definition) is 2. The average Bonchev–Trinajstić information content (AvgIpc) is 3.06. The van der Waals surface area contributed by atoms with E-state index in [1.807, 2.05) is 6.07 Å². The van der Waals surface area contributed by atoms with Crippen LogP contribution < -0.4 is 15.4 Å². The SMILES string of the molecule is CCNC(=NCc1cccs1)NCCc1cc(C)ccc1OC.I. The molecule has 0 amide bonds. The lowest BCUT2D eigenvalue weighted by molar-refractivity contribution is 0.409. The summed E-state index contributed by atoms with van der Waals surface area (Å²) < 4.78 is 5.43. The van der Waals surface area contributed by atoms with E-state index in [1.54, 1.807) is 18.4 Å². The molecule has 0 radical (unpaired) electrons. The van der Waals surface area contributed by atoms with Crippen molar-refractivity contribution in [2.45, 2.75) is 26.8 Å². The molecule has 132 valence electrons. The number of rotatable bonds is 7. The Kier molecular flexibility index (Phi) is 9.78. The minimum absolute atomic E-state index is 0. The Balaban J connectivity index is 0.00000288. The van der Waals surface area contributed by atoms with Crippen molar-refractivity contribution < 1.29 is 4.74 Å². The quantitative estimate of drug-likeness (QED) is 0.374. The van der Waals surface area contributed by atoms with Crippen LogP contribution in [0, 0.1) is 6.92 Å². The monoisotopic (exact) mass is 459 g/mol. The van der Waals surface area contributed by atoms with Gasteiger partial charge in [-0.05, 0) is 43.3 Å². The van der Waals surface area contributed by atoms with E-state index in [2.05, 4.69) is 59.1 Å². The molecule has 1 heterocycles. The highest BCUT2D eigenvalue weighted by Gasteiger charge is 2.04. The third-order valence-corrected chi connectivity index (χ3v) is 4.30. The van der Waals surface area contributed by atoms with Crippen LogP contribution in [0.3, 0.4) is 0 Å². The smallest absolute Gasteiger partial charge is 0.191 e. The van der Waals surface area contributed by atoms with Crippen LogP contribution in [0.5, 0.6) is 5.75 Å². The van der Waals surface area contributed by atoms with Gasteiger partial charge in [-0.1, -0.05) is 23.8 Å². The number of benzene rings is 1. The summed E-state index contributed by atoms with van der Waals surface area (Å²) in [6.45, 7) is 6.55. The summed E-state index contributed by atoms with van der Waals surface area (Å²) >= 11 is 1.73. The first-order valence-electron chi connectivity index (χ1n) is 7.91. The van der Waals surface area contributed by atoms with E-state index in [1.165, 1.54) is 16.0 Å². The van der Waals surface area contributed by atoms with E-state index in [4.69, 9.17) is 4.74 Å². The lowest BCUT2D eigenvalue weighted by atomic mass is 10.1. The van der Waals surface area contributed by atoms with Gasteiger partial charge in [0.2, 0.25) is 0 Å². The number of methoxy groups -OCH3 is 1. The Bertz CT molecular complexity index is 629. The molecule has 0 spiro atoms. The molecule has 0 aliphatic heterocycles. The summed E-state index contributed by atoms with van der Waals surface area (Å²) in [6, 6.07) is 10.4. The van der Waals surface area contributed by atoms with Gasteiger partial charge < -0.3 is 15.4 Å². The highest BCUT2D eigenvalue weighted by molar-refractivity contribution is 14.0. The maximum absolute atomic E-state index is 5.43. The molecule has 0 unspecified atom stereocenters. The van der Waals surface area contributed by atoms with E-state index in [-0.39, 0.29) is 24.0 Å². The van der Waals surface area contributed by atoms with Crippen molar-refractivity contribution in [3.05, 3.63) is 51.7 Å². The molecule has 0 fully saturated rings. The summed E-state index contributed by atoms with van der Waals surface area (Å²) in [5, 5.41) is 8.75. The molecule has 24 heavy (non-hydrogen) atoms. The zero-order chi connectivity index (χ0) is 16.5. The number of aryl methyl sites for hydroxylation is 1. The summed E-state index contributed by atoms with van der Waals surface area (Å²) in [5.74, 6) is 1.80. The van der Waals surface area contributed by atoms with Gasteiger partial charge in [0.05, 0.1) is 13.7 Å². The first-order valence-corrected chi connectivity index (χ1v) is 8.79. The van der Waals surface area contributed by atoms with E-state index in [9.17, 15) is 0 Å². The van der Waals surface area contributed by atoms with Crippen LogP contribution in [0.4, 0.5) is 0 Å². The molecule has 4 nitrogen and oxygen atoms in total. The largest absolute Gasteiger partial charge is 0.496 e. The molecule has 2 rings (SSSR count). The van der Waals surface area contributed by atoms with Crippen LogP contribution in [0.15, 0.2) is 40.7 Å². The van der Waals surface area contributed by atoms with Gasteiger partial charge in [0.25, 0.3) is 0 Å². The molecule has 1 aromatic heterocycles. The van der Waals surface area contributed by atoms with Crippen LogP contribution in [0.1, 0.15) is 22.9 Å². The molecule has 1 aromatic carbocycles. The first kappa shape index (κ1) is 20.8. The van der Waals surface area contributed by atoms with Crippen LogP contribution >= 0.6 is 35.3 Å². The Morgan fingerprint density at radius 3 is 2.75 bits per heavy atom. The fourth-order valence-corrected chi connectivity index (χ4v) is 2.95. The zero-order valence-corrected chi connectivity index (χ0v) is 17.6. The lowest BCUT2D eigenvalue weighted by Crippen LogP contribution is -2.38. The Morgan fingerprint density at radius 1 is 1.25 bits per heavy atom. The number of halogens is 1. The van der Waals surface area contributed by atoms with Gasteiger partial charge in [-0.3, -0.25) is 0 Å². The maximum atomic E-state index is 5.43. The summed E-state index contributed by atoms with van der Waals surface area (Å²) in [4.78, 5) is 5.89. The summed E-state index contributed by atoms with van der Waals surface area (Å²) in [5.41, 5.74) is 2.47. The van der Waals surface area contributed by atoms with E-state index in [0.29, 0.717) is 6.54 Å². The Hall–Kier alpha value is -1.28. The molecule has 6 heteroatoms. The van der Waals surface area contributed by atoms with Gasteiger partial charge in [-0.15, -0.1) is 35.3 Å². The minimum Gasteiger partial charge on any atom is -0.496 e. The predicted octanol–water partition coefficient (Wildman–Crippen LogP) is 3.98. The van der Waals surface area contributed by atoms with Crippen LogP contribution in [-0.2, 0) is 13.0 Å². The average molecular weight is 459 g/mol. The van der Waals surface area contributed by atoms with E-state index in [0.717, 1.165) is 31.2 Å². The molecule has 0 aliphatic carbocycles. The second-order valence-corrected chi connectivity index (χ2v) is 6.30. The number of nitrogens with one attached hydrogen (secondary N) is 2. The Labute approximate surface area is 165 Å².